The Balaban J connectivity index is 1.97. The van der Waals surface area contributed by atoms with Crippen molar-refractivity contribution in [2.45, 2.75) is 11.8 Å². The average molecular weight is 266 g/mol. The van der Waals surface area contributed by atoms with Crippen LogP contribution in [-0.2, 0) is 9.53 Å². The smallest absolute Gasteiger partial charge is 0.416 e. The number of amides is 2. The molecule has 0 bridgehead atoms. The highest BCUT2D eigenvalue weighted by Gasteiger charge is 2.28. The maximum atomic E-state index is 11.8. The number of carbonyl (C=O) groups is 2. The molecule has 1 aliphatic heterocycles. The summed E-state index contributed by atoms with van der Waals surface area (Å²) in [5, 5.41) is 0. The van der Waals surface area contributed by atoms with E-state index in [0.717, 1.165) is 15.4 Å². The van der Waals surface area contributed by atoms with Crippen LogP contribution >= 0.6 is 11.8 Å². The minimum absolute atomic E-state index is 0.208. The molecule has 6 heteroatoms. The molecule has 96 valence electrons. The number of ether oxygens (including phenoxy) is 1. The first-order chi connectivity index (χ1) is 8.58. The minimum atomic E-state index is -0.551. The molecule has 0 aliphatic carbocycles. The van der Waals surface area contributed by atoms with Crippen molar-refractivity contribution in [2.24, 2.45) is 0 Å². The topological polar surface area (TPSA) is 72.6 Å². The van der Waals surface area contributed by atoms with Crippen LogP contribution in [-0.4, -0.2) is 35.8 Å². The number of benzene rings is 1. The summed E-state index contributed by atoms with van der Waals surface area (Å²) in [6, 6.07) is 5.56. The van der Waals surface area contributed by atoms with Crippen LogP contribution in [0.15, 0.2) is 23.1 Å². The maximum absolute atomic E-state index is 11.8. The third kappa shape index (κ3) is 2.76. The van der Waals surface area contributed by atoms with E-state index in [0.29, 0.717) is 12.2 Å². The standard InChI is InChI=1S/C12H14N2O3S/c1-8-2-3-9(13)6-10(8)18-7-11(15)14-4-5-17-12(14)16/h2-3,6H,4-5,7,13H2,1H3. The van der Waals surface area contributed by atoms with Gasteiger partial charge in [-0.3, -0.25) is 4.79 Å². The lowest BCUT2D eigenvalue weighted by atomic mass is 10.2. The van der Waals surface area contributed by atoms with Crippen molar-refractivity contribution in [1.82, 2.24) is 4.90 Å². The fourth-order valence-corrected chi connectivity index (χ4v) is 2.56. The van der Waals surface area contributed by atoms with E-state index in [1.54, 1.807) is 0 Å². The Bertz CT molecular complexity index is 490. The van der Waals surface area contributed by atoms with Gasteiger partial charge < -0.3 is 10.5 Å². The third-order valence-corrected chi connectivity index (χ3v) is 3.77. The maximum Gasteiger partial charge on any atom is 0.416 e. The molecular formula is C12H14N2O3S. The molecule has 1 fully saturated rings. The van der Waals surface area contributed by atoms with Crippen molar-refractivity contribution < 1.29 is 14.3 Å². The van der Waals surface area contributed by atoms with Crippen LogP contribution in [0.2, 0.25) is 0 Å². The molecule has 1 aliphatic rings. The third-order valence-electron chi connectivity index (χ3n) is 2.63. The van der Waals surface area contributed by atoms with Crippen LogP contribution in [0, 0.1) is 6.92 Å². The molecule has 2 amide bonds. The van der Waals surface area contributed by atoms with Gasteiger partial charge in [0.25, 0.3) is 0 Å². The number of hydrogen-bond donors (Lipinski definition) is 1. The lowest BCUT2D eigenvalue weighted by Gasteiger charge is -2.11. The fourth-order valence-electron chi connectivity index (χ4n) is 1.61. The normalized spacial score (nSPS) is 14.7. The number of hydrogen-bond acceptors (Lipinski definition) is 5. The number of imide groups is 1. The van der Waals surface area contributed by atoms with Gasteiger partial charge in [-0.2, -0.15) is 0 Å². The molecule has 1 aromatic carbocycles. The van der Waals surface area contributed by atoms with E-state index in [1.165, 1.54) is 11.8 Å². The van der Waals surface area contributed by atoms with Gasteiger partial charge in [0, 0.05) is 10.6 Å². The number of nitrogen functional groups attached to an aromatic ring is 1. The molecule has 2 N–H and O–H groups in total. The lowest BCUT2D eigenvalue weighted by molar-refractivity contribution is -0.124. The van der Waals surface area contributed by atoms with Crippen molar-refractivity contribution >= 4 is 29.4 Å². The SMILES string of the molecule is Cc1ccc(N)cc1SCC(=O)N1CCOC1=O. The first kappa shape index (κ1) is 12.8. The predicted molar refractivity (Wildman–Crippen MR) is 69.4 cm³/mol. The van der Waals surface area contributed by atoms with Crippen LogP contribution in [0.5, 0.6) is 0 Å². The minimum Gasteiger partial charge on any atom is -0.447 e. The molecule has 1 heterocycles. The number of nitrogens with two attached hydrogens (primary N) is 1. The van der Waals surface area contributed by atoms with E-state index in [9.17, 15) is 9.59 Å². The highest BCUT2D eigenvalue weighted by atomic mass is 32.2. The van der Waals surface area contributed by atoms with Crippen LogP contribution in [0.3, 0.4) is 0 Å². The van der Waals surface area contributed by atoms with Gasteiger partial charge in [-0.15, -0.1) is 11.8 Å². The van der Waals surface area contributed by atoms with E-state index >= 15 is 0 Å². The van der Waals surface area contributed by atoms with E-state index in [4.69, 9.17) is 10.5 Å². The summed E-state index contributed by atoms with van der Waals surface area (Å²) >= 11 is 1.38. The Labute approximate surface area is 109 Å². The Morgan fingerprint density at radius 3 is 3.00 bits per heavy atom. The summed E-state index contributed by atoms with van der Waals surface area (Å²) in [5.41, 5.74) is 7.42. The Morgan fingerprint density at radius 1 is 1.56 bits per heavy atom. The van der Waals surface area contributed by atoms with Gasteiger partial charge in [-0.05, 0) is 24.6 Å². The molecular weight excluding hydrogens is 252 g/mol. The van der Waals surface area contributed by atoms with E-state index in [-0.39, 0.29) is 18.3 Å². The van der Waals surface area contributed by atoms with Gasteiger partial charge in [0.2, 0.25) is 5.91 Å². The molecule has 18 heavy (non-hydrogen) atoms. The summed E-state index contributed by atoms with van der Waals surface area (Å²) in [7, 11) is 0. The zero-order chi connectivity index (χ0) is 13.1. The largest absolute Gasteiger partial charge is 0.447 e. The predicted octanol–water partition coefficient (Wildman–Crippen LogP) is 1.65. The van der Waals surface area contributed by atoms with Crippen molar-refractivity contribution in [1.29, 1.82) is 0 Å². The van der Waals surface area contributed by atoms with Crippen molar-refractivity contribution in [3.8, 4) is 0 Å². The molecule has 0 spiro atoms. The second-order valence-electron chi connectivity index (χ2n) is 3.97. The Kier molecular flexibility index (Phi) is 3.76. The Morgan fingerprint density at radius 2 is 2.33 bits per heavy atom. The number of rotatable bonds is 3. The molecule has 0 saturated carbocycles. The average Bonchev–Trinajstić information content (AvgIpc) is 2.76. The van der Waals surface area contributed by atoms with Crippen molar-refractivity contribution in [3.63, 3.8) is 0 Å². The van der Waals surface area contributed by atoms with E-state index in [2.05, 4.69) is 0 Å². The second kappa shape index (κ2) is 5.30. The van der Waals surface area contributed by atoms with Gasteiger partial charge in [-0.1, -0.05) is 6.07 Å². The molecule has 1 saturated heterocycles. The molecule has 0 radical (unpaired) electrons. The van der Waals surface area contributed by atoms with Crippen LogP contribution in [0.1, 0.15) is 5.56 Å². The van der Waals surface area contributed by atoms with E-state index < -0.39 is 6.09 Å². The quantitative estimate of drug-likeness (QED) is 0.665. The molecule has 1 aromatic rings. The van der Waals surface area contributed by atoms with Crippen molar-refractivity contribution in [2.75, 3.05) is 24.6 Å². The van der Waals surface area contributed by atoms with E-state index in [1.807, 2.05) is 25.1 Å². The number of nitrogens with zero attached hydrogens (tertiary/aromatic N) is 1. The zero-order valence-corrected chi connectivity index (χ0v) is 10.8. The fraction of sp³-hybridized carbons (Fsp3) is 0.333. The number of anilines is 1. The number of aryl methyl sites for hydroxylation is 1. The van der Waals surface area contributed by atoms with Crippen LogP contribution in [0.4, 0.5) is 10.5 Å². The first-order valence-electron chi connectivity index (χ1n) is 5.54. The summed E-state index contributed by atoms with van der Waals surface area (Å²) < 4.78 is 4.72. The monoisotopic (exact) mass is 266 g/mol. The molecule has 2 rings (SSSR count). The first-order valence-corrected chi connectivity index (χ1v) is 6.52. The number of thioether (sulfide) groups is 1. The van der Waals surface area contributed by atoms with Gasteiger partial charge in [0.15, 0.2) is 0 Å². The van der Waals surface area contributed by atoms with Crippen LogP contribution < -0.4 is 5.73 Å². The molecule has 0 unspecified atom stereocenters. The van der Waals surface area contributed by atoms with Crippen LogP contribution in [0.25, 0.3) is 0 Å². The van der Waals surface area contributed by atoms with Crippen molar-refractivity contribution in [3.05, 3.63) is 23.8 Å². The lowest BCUT2D eigenvalue weighted by Crippen LogP contribution is -2.32. The summed E-state index contributed by atoms with van der Waals surface area (Å²) in [5.74, 6) is -0.0244. The summed E-state index contributed by atoms with van der Waals surface area (Å²) in [4.78, 5) is 25.1. The highest BCUT2D eigenvalue weighted by Crippen LogP contribution is 2.25. The van der Waals surface area contributed by atoms with Gasteiger partial charge in [0.05, 0.1) is 12.3 Å². The summed E-state index contributed by atoms with van der Waals surface area (Å²) in [6.45, 7) is 2.58. The Hall–Kier alpha value is -1.69. The second-order valence-corrected chi connectivity index (χ2v) is 4.99. The van der Waals surface area contributed by atoms with Gasteiger partial charge >= 0.3 is 6.09 Å². The zero-order valence-electron chi connectivity index (χ0n) is 10.0. The van der Waals surface area contributed by atoms with Gasteiger partial charge in [0.1, 0.15) is 6.61 Å². The number of carbonyl (C=O) groups excluding carboxylic acids is 2. The molecule has 5 nitrogen and oxygen atoms in total. The molecule has 0 atom stereocenters. The summed E-state index contributed by atoms with van der Waals surface area (Å²) in [6.07, 6.45) is -0.551. The highest BCUT2D eigenvalue weighted by molar-refractivity contribution is 8.00. The molecule has 0 aromatic heterocycles. The number of cyclic esters (lactones) is 1. The van der Waals surface area contributed by atoms with Gasteiger partial charge in [-0.25, -0.2) is 9.69 Å².